The second-order valence-electron chi connectivity index (χ2n) is 9.12. The van der Waals surface area contributed by atoms with Gasteiger partial charge in [0.2, 0.25) is 0 Å². The van der Waals surface area contributed by atoms with Crippen molar-refractivity contribution < 1.29 is 4.79 Å². The first-order valence-corrected chi connectivity index (χ1v) is 12.5. The molecular formula is C29H28N4OS. The Bertz CT molecular complexity index is 1520. The maximum atomic E-state index is 14.2. The number of likely N-dealkylation sites (N-methyl/N-ethyl adjacent to an activating group) is 1. The van der Waals surface area contributed by atoms with Gasteiger partial charge in [-0.1, -0.05) is 65.9 Å². The molecule has 2 heterocycles. The Hall–Kier alpha value is -3.61. The average molecular weight is 481 g/mol. The molecule has 0 bridgehead atoms. The molecule has 5 rings (SSSR count). The van der Waals surface area contributed by atoms with Crippen molar-refractivity contribution >= 4 is 43.5 Å². The molecule has 1 amide bonds. The number of anilines is 1. The van der Waals surface area contributed by atoms with E-state index in [1.165, 1.54) is 5.56 Å². The van der Waals surface area contributed by atoms with E-state index in [0.29, 0.717) is 12.1 Å². The first kappa shape index (κ1) is 23.1. The van der Waals surface area contributed by atoms with Gasteiger partial charge in [0.1, 0.15) is 0 Å². The van der Waals surface area contributed by atoms with Crippen molar-refractivity contribution in [3.63, 3.8) is 0 Å². The Morgan fingerprint density at radius 2 is 1.63 bits per heavy atom. The molecule has 176 valence electrons. The van der Waals surface area contributed by atoms with Gasteiger partial charge in [0.25, 0.3) is 5.91 Å². The number of pyridine rings is 1. The lowest BCUT2D eigenvalue weighted by atomic mass is 10.0. The molecule has 0 aliphatic rings. The minimum Gasteiger partial charge on any atom is -0.308 e. The quantitative estimate of drug-likeness (QED) is 0.285. The molecule has 0 saturated carbocycles. The normalized spacial score (nSPS) is 11.5. The van der Waals surface area contributed by atoms with E-state index in [-0.39, 0.29) is 5.91 Å². The molecule has 0 fully saturated rings. The minimum atomic E-state index is -0.0592. The van der Waals surface area contributed by atoms with Gasteiger partial charge >= 0.3 is 0 Å². The lowest BCUT2D eigenvalue weighted by Crippen LogP contribution is -2.37. The van der Waals surface area contributed by atoms with E-state index >= 15 is 0 Å². The third kappa shape index (κ3) is 4.67. The van der Waals surface area contributed by atoms with E-state index in [9.17, 15) is 4.79 Å². The highest BCUT2D eigenvalue weighted by atomic mass is 32.1. The Morgan fingerprint density at radius 1 is 0.886 bits per heavy atom. The summed E-state index contributed by atoms with van der Waals surface area (Å²) in [6.45, 7) is 5.44. The molecule has 0 radical (unpaired) electrons. The Labute approximate surface area is 209 Å². The number of aryl methyl sites for hydroxylation is 2. The van der Waals surface area contributed by atoms with Crippen molar-refractivity contribution in [3.05, 3.63) is 89.5 Å². The average Bonchev–Trinajstić information content (AvgIpc) is 3.27. The van der Waals surface area contributed by atoms with Crippen LogP contribution < -0.4 is 4.90 Å². The number of hydrogen-bond donors (Lipinski definition) is 0. The summed E-state index contributed by atoms with van der Waals surface area (Å²) in [6.07, 6.45) is 0. The zero-order valence-electron chi connectivity index (χ0n) is 20.4. The zero-order chi connectivity index (χ0) is 24.5. The van der Waals surface area contributed by atoms with E-state index in [0.717, 1.165) is 49.6 Å². The number of thiazole rings is 1. The summed E-state index contributed by atoms with van der Waals surface area (Å²) in [5, 5.41) is 1.57. The number of hydrogen-bond acceptors (Lipinski definition) is 5. The molecule has 0 atom stereocenters. The maximum Gasteiger partial charge on any atom is 0.260 e. The third-order valence-electron chi connectivity index (χ3n) is 6.08. The number of benzene rings is 3. The molecule has 35 heavy (non-hydrogen) atoms. The Morgan fingerprint density at radius 3 is 2.40 bits per heavy atom. The van der Waals surface area contributed by atoms with Gasteiger partial charge in [0, 0.05) is 24.0 Å². The topological polar surface area (TPSA) is 49.3 Å². The summed E-state index contributed by atoms with van der Waals surface area (Å²) < 4.78 is 1.10. The van der Waals surface area contributed by atoms with Crippen LogP contribution in [0.15, 0.2) is 72.8 Å². The Kier molecular flexibility index (Phi) is 6.32. The predicted molar refractivity (Wildman–Crippen MR) is 147 cm³/mol. The highest BCUT2D eigenvalue weighted by Gasteiger charge is 2.24. The summed E-state index contributed by atoms with van der Waals surface area (Å²) in [7, 11) is 4.04. The number of para-hydroxylation sites is 1. The van der Waals surface area contributed by atoms with Crippen molar-refractivity contribution in [2.75, 3.05) is 32.1 Å². The zero-order valence-corrected chi connectivity index (χ0v) is 21.3. The van der Waals surface area contributed by atoms with E-state index in [1.54, 1.807) is 11.3 Å². The molecule has 0 unspecified atom stereocenters. The van der Waals surface area contributed by atoms with Crippen molar-refractivity contribution in [3.8, 4) is 11.3 Å². The molecule has 0 aliphatic carbocycles. The van der Waals surface area contributed by atoms with Crippen molar-refractivity contribution in [2.24, 2.45) is 0 Å². The number of carbonyl (C=O) groups is 1. The lowest BCUT2D eigenvalue weighted by molar-refractivity contribution is 0.0986. The number of aromatic nitrogens is 2. The van der Waals surface area contributed by atoms with Gasteiger partial charge in [0.05, 0.1) is 27.0 Å². The van der Waals surface area contributed by atoms with Crippen LogP contribution in [0.2, 0.25) is 0 Å². The van der Waals surface area contributed by atoms with Crippen LogP contribution in [0.1, 0.15) is 21.5 Å². The van der Waals surface area contributed by atoms with Crippen molar-refractivity contribution in [1.82, 2.24) is 14.9 Å². The number of nitrogens with zero attached hydrogens (tertiary/aromatic N) is 4. The third-order valence-corrected chi connectivity index (χ3v) is 7.11. The number of rotatable bonds is 6. The minimum absolute atomic E-state index is 0.0592. The molecule has 6 heteroatoms. The Balaban J connectivity index is 1.66. The maximum absolute atomic E-state index is 14.2. The second kappa shape index (κ2) is 9.56. The molecule has 0 aliphatic heterocycles. The lowest BCUT2D eigenvalue weighted by Gasteiger charge is -2.23. The summed E-state index contributed by atoms with van der Waals surface area (Å²) in [5.41, 5.74) is 6.50. The van der Waals surface area contributed by atoms with Crippen LogP contribution in [0.4, 0.5) is 5.13 Å². The molecule has 5 nitrogen and oxygen atoms in total. The molecule has 0 spiro atoms. The van der Waals surface area contributed by atoms with Crippen LogP contribution in [-0.4, -0.2) is 48.0 Å². The first-order chi connectivity index (χ1) is 16.9. The van der Waals surface area contributed by atoms with Gasteiger partial charge in [-0.2, -0.15) is 0 Å². The summed E-state index contributed by atoms with van der Waals surface area (Å²) in [6, 6.07) is 24.1. The van der Waals surface area contributed by atoms with E-state index < -0.39 is 0 Å². The fourth-order valence-electron chi connectivity index (χ4n) is 4.31. The van der Waals surface area contributed by atoms with Crippen LogP contribution in [-0.2, 0) is 0 Å². The van der Waals surface area contributed by atoms with E-state index in [2.05, 4.69) is 30.9 Å². The van der Waals surface area contributed by atoms with Crippen molar-refractivity contribution in [1.29, 1.82) is 0 Å². The van der Waals surface area contributed by atoms with Gasteiger partial charge in [0.15, 0.2) is 5.13 Å². The molecule has 5 aromatic rings. The largest absolute Gasteiger partial charge is 0.308 e. The van der Waals surface area contributed by atoms with E-state index in [4.69, 9.17) is 9.97 Å². The number of amides is 1. The molecule has 0 N–H and O–H groups in total. The molecular weight excluding hydrogens is 452 g/mol. The first-order valence-electron chi connectivity index (χ1n) is 11.7. The van der Waals surface area contributed by atoms with Crippen LogP contribution in [0.3, 0.4) is 0 Å². The highest BCUT2D eigenvalue weighted by molar-refractivity contribution is 7.22. The fourth-order valence-corrected chi connectivity index (χ4v) is 5.48. The van der Waals surface area contributed by atoms with Gasteiger partial charge < -0.3 is 4.90 Å². The van der Waals surface area contributed by atoms with Crippen LogP contribution >= 0.6 is 11.3 Å². The molecule has 3 aromatic carbocycles. The molecule has 0 saturated heterocycles. The SMILES string of the molecule is Cc1cc(C)c2nc(N(CCN(C)C)C(=O)c3cc(-c4ccccc4)nc4ccccc34)sc2c1. The van der Waals surface area contributed by atoms with Crippen LogP contribution in [0, 0.1) is 13.8 Å². The van der Waals surface area contributed by atoms with Crippen LogP contribution in [0.25, 0.3) is 32.4 Å². The standard InChI is InChI=1S/C29H28N4OS/c1-19-16-20(2)27-26(17-19)35-29(31-27)33(15-14-32(3)4)28(34)23-18-25(21-10-6-5-7-11-21)30-24-13-9-8-12-22(23)24/h5-13,16-18H,14-15H2,1-4H3. The number of carbonyl (C=O) groups excluding carboxylic acids is 1. The van der Waals surface area contributed by atoms with Crippen molar-refractivity contribution in [2.45, 2.75) is 13.8 Å². The second-order valence-corrected chi connectivity index (χ2v) is 10.1. The molecule has 2 aromatic heterocycles. The fraction of sp³-hybridized carbons (Fsp3) is 0.207. The van der Waals surface area contributed by atoms with Gasteiger partial charge in [-0.25, -0.2) is 9.97 Å². The van der Waals surface area contributed by atoms with Gasteiger partial charge in [-0.3, -0.25) is 9.69 Å². The monoisotopic (exact) mass is 480 g/mol. The van der Waals surface area contributed by atoms with E-state index in [1.807, 2.05) is 79.7 Å². The summed E-state index contributed by atoms with van der Waals surface area (Å²) >= 11 is 1.57. The van der Waals surface area contributed by atoms with Crippen LogP contribution in [0.5, 0.6) is 0 Å². The van der Waals surface area contributed by atoms with Gasteiger partial charge in [-0.05, 0) is 57.3 Å². The highest BCUT2D eigenvalue weighted by Crippen LogP contribution is 2.34. The summed E-state index contributed by atoms with van der Waals surface area (Å²) in [5.74, 6) is -0.0592. The number of fused-ring (bicyclic) bond motifs is 2. The van der Waals surface area contributed by atoms with Gasteiger partial charge in [-0.15, -0.1) is 0 Å². The predicted octanol–water partition coefficient (Wildman–Crippen LogP) is 6.34. The smallest absolute Gasteiger partial charge is 0.260 e. The summed E-state index contributed by atoms with van der Waals surface area (Å²) in [4.78, 5) is 27.9.